The monoisotopic (exact) mass is 235 g/mol. The van der Waals surface area contributed by atoms with E-state index < -0.39 is 12.0 Å². The second-order valence-corrected chi connectivity index (χ2v) is 4.49. The molecule has 0 saturated carbocycles. The molecule has 92 valence electrons. The van der Waals surface area contributed by atoms with Crippen molar-refractivity contribution in [3.8, 4) is 5.75 Å². The first-order valence-electron chi connectivity index (χ1n) is 5.75. The standard InChI is InChI=1S/C13H17NO3/c1-8-7-10(13(15)16)14-12(8)9-5-3-4-6-11(9)17-2/h3-6,8,10,12,14H,7H2,1-2H3,(H,15,16). The summed E-state index contributed by atoms with van der Waals surface area (Å²) in [4.78, 5) is 11.0. The van der Waals surface area contributed by atoms with Crippen LogP contribution in [0.1, 0.15) is 24.9 Å². The van der Waals surface area contributed by atoms with E-state index in [2.05, 4.69) is 12.2 Å². The lowest BCUT2D eigenvalue weighted by Gasteiger charge is -2.19. The van der Waals surface area contributed by atoms with Gasteiger partial charge in [0.25, 0.3) is 0 Å². The number of hydrogen-bond acceptors (Lipinski definition) is 3. The molecule has 0 aromatic heterocycles. The van der Waals surface area contributed by atoms with Gasteiger partial charge >= 0.3 is 5.97 Å². The molecule has 2 N–H and O–H groups in total. The van der Waals surface area contributed by atoms with Gasteiger partial charge < -0.3 is 9.84 Å². The van der Waals surface area contributed by atoms with Gasteiger partial charge in [-0.2, -0.15) is 0 Å². The number of carbonyl (C=O) groups is 1. The largest absolute Gasteiger partial charge is 0.496 e. The van der Waals surface area contributed by atoms with Crippen LogP contribution in [-0.2, 0) is 4.79 Å². The molecule has 1 aromatic rings. The van der Waals surface area contributed by atoms with Crippen molar-refractivity contribution < 1.29 is 14.6 Å². The predicted molar refractivity (Wildman–Crippen MR) is 64.1 cm³/mol. The van der Waals surface area contributed by atoms with Gasteiger partial charge in [-0.25, -0.2) is 0 Å². The third-order valence-corrected chi connectivity index (χ3v) is 3.33. The quantitative estimate of drug-likeness (QED) is 0.839. The van der Waals surface area contributed by atoms with Crippen molar-refractivity contribution in [3.63, 3.8) is 0 Å². The highest BCUT2D eigenvalue weighted by molar-refractivity contribution is 5.74. The number of ether oxygens (including phenoxy) is 1. The molecule has 0 aliphatic carbocycles. The Morgan fingerprint density at radius 3 is 2.76 bits per heavy atom. The number of carboxylic acids is 1. The van der Waals surface area contributed by atoms with Crippen LogP contribution in [0.5, 0.6) is 5.75 Å². The highest BCUT2D eigenvalue weighted by Gasteiger charge is 2.36. The number of carboxylic acid groups (broad SMARTS) is 1. The van der Waals surface area contributed by atoms with E-state index >= 15 is 0 Å². The fraction of sp³-hybridized carbons (Fsp3) is 0.462. The Bertz CT molecular complexity index is 419. The molecule has 1 saturated heterocycles. The number of nitrogens with one attached hydrogen (secondary N) is 1. The molecule has 0 spiro atoms. The fourth-order valence-corrected chi connectivity index (χ4v) is 2.45. The molecular formula is C13H17NO3. The maximum atomic E-state index is 11.0. The van der Waals surface area contributed by atoms with Crippen molar-refractivity contribution >= 4 is 5.97 Å². The Morgan fingerprint density at radius 1 is 1.47 bits per heavy atom. The zero-order valence-electron chi connectivity index (χ0n) is 10.0. The van der Waals surface area contributed by atoms with E-state index in [9.17, 15) is 4.79 Å². The molecule has 1 heterocycles. The summed E-state index contributed by atoms with van der Waals surface area (Å²) in [5.74, 6) is 0.310. The summed E-state index contributed by atoms with van der Waals surface area (Å²) in [6.45, 7) is 2.06. The Balaban J connectivity index is 2.25. The predicted octanol–water partition coefficient (Wildman–Crippen LogP) is 1.82. The van der Waals surface area contributed by atoms with Gasteiger partial charge in [0.05, 0.1) is 7.11 Å². The number of methoxy groups -OCH3 is 1. The summed E-state index contributed by atoms with van der Waals surface area (Å²) >= 11 is 0. The normalized spacial score (nSPS) is 28.0. The number of hydrogen-bond donors (Lipinski definition) is 2. The number of para-hydroxylation sites is 1. The second-order valence-electron chi connectivity index (χ2n) is 4.49. The molecule has 0 amide bonds. The Morgan fingerprint density at radius 2 is 2.18 bits per heavy atom. The first-order valence-corrected chi connectivity index (χ1v) is 5.75. The Kier molecular flexibility index (Phi) is 3.33. The van der Waals surface area contributed by atoms with Crippen LogP contribution in [0.4, 0.5) is 0 Å². The molecule has 1 aliphatic heterocycles. The van der Waals surface area contributed by atoms with Crippen LogP contribution in [-0.4, -0.2) is 24.2 Å². The minimum Gasteiger partial charge on any atom is -0.496 e. The summed E-state index contributed by atoms with van der Waals surface area (Å²) < 4.78 is 5.31. The zero-order valence-corrected chi connectivity index (χ0v) is 10.0. The van der Waals surface area contributed by atoms with Gasteiger partial charge in [0.2, 0.25) is 0 Å². The maximum absolute atomic E-state index is 11.0. The molecule has 2 rings (SSSR count). The van der Waals surface area contributed by atoms with E-state index in [0.717, 1.165) is 11.3 Å². The summed E-state index contributed by atoms with van der Waals surface area (Å²) in [5, 5.41) is 12.2. The number of aliphatic carboxylic acids is 1. The van der Waals surface area contributed by atoms with Crippen molar-refractivity contribution in [3.05, 3.63) is 29.8 Å². The summed E-state index contributed by atoms with van der Waals surface area (Å²) in [6.07, 6.45) is 0.651. The summed E-state index contributed by atoms with van der Waals surface area (Å²) in [5.41, 5.74) is 1.03. The highest BCUT2D eigenvalue weighted by Crippen LogP contribution is 2.36. The Labute approximate surface area is 101 Å². The number of rotatable bonds is 3. The molecule has 3 atom stereocenters. The molecule has 4 heteroatoms. The lowest BCUT2D eigenvalue weighted by Crippen LogP contribution is -2.32. The second kappa shape index (κ2) is 4.75. The third-order valence-electron chi connectivity index (χ3n) is 3.33. The van der Waals surface area contributed by atoms with Crippen molar-refractivity contribution in [2.75, 3.05) is 7.11 Å². The minimum atomic E-state index is -0.783. The minimum absolute atomic E-state index is 0.0484. The van der Waals surface area contributed by atoms with E-state index in [1.807, 2.05) is 24.3 Å². The van der Waals surface area contributed by atoms with Gasteiger partial charge in [-0.05, 0) is 18.4 Å². The van der Waals surface area contributed by atoms with E-state index in [1.54, 1.807) is 7.11 Å². The van der Waals surface area contributed by atoms with Gasteiger partial charge in [-0.15, -0.1) is 0 Å². The molecule has 1 fully saturated rings. The smallest absolute Gasteiger partial charge is 0.320 e. The Hall–Kier alpha value is -1.55. The van der Waals surface area contributed by atoms with Crippen LogP contribution in [0.3, 0.4) is 0 Å². The maximum Gasteiger partial charge on any atom is 0.320 e. The van der Waals surface area contributed by atoms with Crippen molar-refractivity contribution in [2.45, 2.75) is 25.4 Å². The van der Waals surface area contributed by atoms with Crippen LogP contribution in [0.2, 0.25) is 0 Å². The summed E-state index contributed by atoms with van der Waals surface area (Å²) in [7, 11) is 1.63. The van der Waals surface area contributed by atoms with E-state index in [-0.39, 0.29) is 12.0 Å². The molecule has 1 aromatic carbocycles. The first kappa shape index (κ1) is 11.9. The van der Waals surface area contributed by atoms with E-state index in [4.69, 9.17) is 9.84 Å². The SMILES string of the molecule is COc1ccccc1C1NC(C(=O)O)CC1C. The van der Waals surface area contributed by atoms with Crippen molar-refractivity contribution in [2.24, 2.45) is 5.92 Å². The molecular weight excluding hydrogens is 218 g/mol. The van der Waals surface area contributed by atoms with E-state index in [1.165, 1.54) is 0 Å². The van der Waals surface area contributed by atoms with Gasteiger partial charge in [-0.1, -0.05) is 25.1 Å². The molecule has 3 unspecified atom stereocenters. The zero-order chi connectivity index (χ0) is 12.4. The van der Waals surface area contributed by atoms with Crippen molar-refractivity contribution in [1.29, 1.82) is 0 Å². The molecule has 0 radical (unpaired) electrons. The fourth-order valence-electron chi connectivity index (χ4n) is 2.45. The topological polar surface area (TPSA) is 58.6 Å². The van der Waals surface area contributed by atoms with Gasteiger partial charge in [0.1, 0.15) is 11.8 Å². The third kappa shape index (κ3) is 2.26. The highest BCUT2D eigenvalue weighted by atomic mass is 16.5. The average molecular weight is 235 g/mol. The summed E-state index contributed by atoms with van der Waals surface area (Å²) in [6, 6.07) is 7.33. The van der Waals surface area contributed by atoms with Gasteiger partial charge in [0, 0.05) is 11.6 Å². The average Bonchev–Trinajstić information content (AvgIpc) is 2.71. The van der Waals surface area contributed by atoms with Crippen LogP contribution in [0.15, 0.2) is 24.3 Å². The lowest BCUT2D eigenvalue weighted by molar-refractivity contribution is -0.139. The molecule has 4 nitrogen and oxygen atoms in total. The van der Waals surface area contributed by atoms with Crippen LogP contribution >= 0.6 is 0 Å². The molecule has 0 bridgehead atoms. The van der Waals surface area contributed by atoms with Crippen LogP contribution in [0.25, 0.3) is 0 Å². The van der Waals surface area contributed by atoms with Crippen LogP contribution < -0.4 is 10.1 Å². The lowest BCUT2D eigenvalue weighted by atomic mass is 9.94. The molecule has 17 heavy (non-hydrogen) atoms. The first-order chi connectivity index (χ1) is 8.13. The van der Waals surface area contributed by atoms with Crippen LogP contribution in [0, 0.1) is 5.92 Å². The molecule has 1 aliphatic rings. The van der Waals surface area contributed by atoms with Crippen molar-refractivity contribution in [1.82, 2.24) is 5.32 Å². The number of benzene rings is 1. The van der Waals surface area contributed by atoms with Gasteiger partial charge in [0.15, 0.2) is 0 Å². The van der Waals surface area contributed by atoms with Gasteiger partial charge in [-0.3, -0.25) is 10.1 Å². The van der Waals surface area contributed by atoms with E-state index in [0.29, 0.717) is 6.42 Å².